The predicted octanol–water partition coefficient (Wildman–Crippen LogP) is 23.6. The van der Waals surface area contributed by atoms with E-state index in [4.69, 9.17) is 14.2 Å². The highest BCUT2D eigenvalue weighted by molar-refractivity contribution is 5.71. The SMILES string of the molecule is CC/C=C\C/C=C\C/C=C\C/C=C\C/C=C\C/C=C\C/C=C\C/C=C\C/C=C\C/C=C\CCCCC(=O)OCC(COC(=O)CCCCCCCCCCCCCCC)OC(=O)CCCCCCCCCCCCCCCCCCC. The van der Waals surface area contributed by atoms with Crippen molar-refractivity contribution >= 4 is 17.9 Å². The molecule has 0 amide bonds. The molecule has 0 aliphatic rings. The fraction of sp³-hybridized carbons (Fsp3) is 0.693. The summed E-state index contributed by atoms with van der Waals surface area (Å²) in [6, 6.07) is 0. The second kappa shape index (κ2) is 68.3. The molecule has 0 spiro atoms. The van der Waals surface area contributed by atoms with Crippen molar-refractivity contribution in [2.45, 2.75) is 322 Å². The number of unbranched alkanes of at least 4 members (excludes halogenated alkanes) is 30. The topological polar surface area (TPSA) is 78.9 Å². The second-order valence-electron chi connectivity index (χ2n) is 22.4. The van der Waals surface area contributed by atoms with Crippen LogP contribution in [0, 0.1) is 0 Å². The molecule has 0 aromatic rings. The van der Waals surface area contributed by atoms with Crippen LogP contribution < -0.4 is 0 Å². The highest BCUT2D eigenvalue weighted by Crippen LogP contribution is 2.17. The fourth-order valence-corrected chi connectivity index (χ4v) is 9.41. The van der Waals surface area contributed by atoms with Gasteiger partial charge in [-0.25, -0.2) is 0 Å². The molecule has 1 unspecified atom stereocenters. The van der Waals surface area contributed by atoms with E-state index in [1.165, 1.54) is 154 Å². The van der Waals surface area contributed by atoms with Crippen molar-refractivity contribution in [3.63, 3.8) is 0 Å². The zero-order valence-electron chi connectivity index (χ0n) is 53.0. The zero-order valence-corrected chi connectivity index (χ0v) is 53.0. The molecule has 6 heteroatoms. The third-order valence-corrected chi connectivity index (χ3v) is 14.5. The van der Waals surface area contributed by atoms with Crippen LogP contribution in [-0.4, -0.2) is 37.2 Å². The summed E-state index contributed by atoms with van der Waals surface area (Å²) in [6.07, 6.45) is 95.0. The van der Waals surface area contributed by atoms with Crippen molar-refractivity contribution in [2.75, 3.05) is 13.2 Å². The lowest BCUT2D eigenvalue weighted by molar-refractivity contribution is -0.167. The standard InChI is InChI=1S/C75H126O6/c1-4-7-10-13-16-19-22-25-27-29-30-31-32-33-34-35-36-37-38-39-40-41-42-43-44-46-47-50-53-56-59-62-65-68-74(77)80-71-72(70-79-73(76)67-64-61-58-55-52-49-24-21-18-15-12-9-6-3)81-75(78)69-66-63-60-57-54-51-48-45-28-26-23-20-17-14-11-8-5-2/h7,10,16,19,25,27,30-31,33-34,36-37,39-40,42-43,46-47,53,56,72H,4-6,8-9,11-15,17-18,20-24,26,28-29,32,35,38,41,44-45,48-52,54-55,57-71H2,1-3H3/b10-7-,19-16-,27-25-,31-30-,34-33-,37-36-,40-39-,43-42-,47-46-,56-53-. The van der Waals surface area contributed by atoms with Gasteiger partial charge in [-0.1, -0.05) is 322 Å². The molecule has 0 aromatic heterocycles. The molecule has 0 aliphatic carbocycles. The fourth-order valence-electron chi connectivity index (χ4n) is 9.41. The van der Waals surface area contributed by atoms with Gasteiger partial charge in [-0.2, -0.15) is 0 Å². The first-order valence-electron chi connectivity index (χ1n) is 34.0. The lowest BCUT2D eigenvalue weighted by atomic mass is 10.0. The molecule has 6 nitrogen and oxygen atoms in total. The molecule has 462 valence electrons. The molecule has 0 bridgehead atoms. The van der Waals surface area contributed by atoms with E-state index < -0.39 is 6.10 Å². The number of carbonyl (C=O) groups excluding carboxylic acids is 3. The maximum atomic E-state index is 12.9. The van der Waals surface area contributed by atoms with E-state index in [1.54, 1.807) is 0 Å². The van der Waals surface area contributed by atoms with Gasteiger partial charge in [-0.05, 0) is 96.3 Å². The van der Waals surface area contributed by atoms with Crippen molar-refractivity contribution in [3.8, 4) is 0 Å². The minimum absolute atomic E-state index is 0.0888. The lowest BCUT2D eigenvalue weighted by Gasteiger charge is -2.18. The van der Waals surface area contributed by atoms with Crippen LogP contribution in [0.3, 0.4) is 0 Å². The molecule has 0 fully saturated rings. The molecule has 0 saturated heterocycles. The van der Waals surface area contributed by atoms with Gasteiger partial charge in [-0.3, -0.25) is 14.4 Å². The van der Waals surface area contributed by atoms with E-state index in [2.05, 4.69) is 142 Å². The number of esters is 3. The normalized spacial score (nSPS) is 12.9. The number of carbonyl (C=O) groups is 3. The minimum Gasteiger partial charge on any atom is -0.462 e. The average Bonchev–Trinajstić information content (AvgIpc) is 3.46. The monoisotopic (exact) mass is 1120 g/mol. The number of ether oxygens (including phenoxy) is 3. The zero-order chi connectivity index (χ0) is 58.5. The number of hydrogen-bond acceptors (Lipinski definition) is 6. The Morgan fingerprint density at radius 1 is 0.259 bits per heavy atom. The highest BCUT2D eigenvalue weighted by atomic mass is 16.6. The molecule has 81 heavy (non-hydrogen) atoms. The summed E-state index contributed by atoms with van der Waals surface area (Å²) in [5.74, 6) is -0.923. The Morgan fingerprint density at radius 2 is 0.481 bits per heavy atom. The van der Waals surface area contributed by atoms with Crippen LogP contribution in [0.4, 0.5) is 0 Å². The number of rotatable bonds is 61. The first kappa shape index (κ1) is 76.8. The summed E-state index contributed by atoms with van der Waals surface area (Å²) in [6.45, 7) is 6.52. The Bertz CT molecular complexity index is 1670. The van der Waals surface area contributed by atoms with Crippen molar-refractivity contribution < 1.29 is 28.6 Å². The second-order valence-corrected chi connectivity index (χ2v) is 22.4. The summed E-state index contributed by atoms with van der Waals surface area (Å²) in [5.41, 5.74) is 0. The van der Waals surface area contributed by atoms with Gasteiger partial charge in [0.2, 0.25) is 0 Å². The third kappa shape index (κ3) is 66.5. The summed E-state index contributed by atoms with van der Waals surface area (Å²) in [7, 11) is 0. The van der Waals surface area contributed by atoms with Crippen LogP contribution in [0.1, 0.15) is 316 Å². The van der Waals surface area contributed by atoms with Gasteiger partial charge in [0, 0.05) is 19.3 Å². The van der Waals surface area contributed by atoms with Crippen LogP contribution in [-0.2, 0) is 28.6 Å². The van der Waals surface area contributed by atoms with Gasteiger partial charge in [0.1, 0.15) is 13.2 Å². The van der Waals surface area contributed by atoms with Crippen LogP contribution in [0.15, 0.2) is 122 Å². The largest absolute Gasteiger partial charge is 0.462 e. The Balaban J connectivity index is 4.36. The first-order chi connectivity index (χ1) is 40.0. The molecular formula is C75H126O6. The van der Waals surface area contributed by atoms with Gasteiger partial charge >= 0.3 is 17.9 Å². The minimum atomic E-state index is -0.796. The van der Waals surface area contributed by atoms with Crippen molar-refractivity contribution in [2.24, 2.45) is 0 Å². The molecule has 1 atom stereocenters. The third-order valence-electron chi connectivity index (χ3n) is 14.5. The van der Waals surface area contributed by atoms with Crippen LogP contribution in [0.2, 0.25) is 0 Å². The van der Waals surface area contributed by atoms with Crippen LogP contribution in [0.25, 0.3) is 0 Å². The average molecular weight is 1120 g/mol. The number of hydrogen-bond donors (Lipinski definition) is 0. The molecule has 0 aliphatic heterocycles. The quantitative estimate of drug-likeness (QED) is 0.0261. The Kier molecular flexibility index (Phi) is 64.8. The summed E-state index contributed by atoms with van der Waals surface area (Å²) in [4.78, 5) is 38.3. The Labute approximate surface area is 501 Å². The van der Waals surface area contributed by atoms with Gasteiger partial charge in [0.05, 0.1) is 0 Å². The Morgan fingerprint density at radius 3 is 0.753 bits per heavy atom. The van der Waals surface area contributed by atoms with E-state index in [0.717, 1.165) is 122 Å². The lowest BCUT2D eigenvalue weighted by Crippen LogP contribution is -2.30. The van der Waals surface area contributed by atoms with Crippen molar-refractivity contribution in [1.82, 2.24) is 0 Å². The Hall–Kier alpha value is -4.19. The van der Waals surface area contributed by atoms with Crippen molar-refractivity contribution in [1.29, 1.82) is 0 Å². The van der Waals surface area contributed by atoms with Crippen molar-refractivity contribution in [3.05, 3.63) is 122 Å². The van der Waals surface area contributed by atoms with Gasteiger partial charge in [0.15, 0.2) is 6.10 Å². The molecular weight excluding hydrogens is 997 g/mol. The van der Waals surface area contributed by atoms with Gasteiger partial charge in [0.25, 0.3) is 0 Å². The summed E-state index contributed by atoms with van der Waals surface area (Å²) in [5, 5.41) is 0. The van der Waals surface area contributed by atoms with E-state index in [9.17, 15) is 14.4 Å². The van der Waals surface area contributed by atoms with Gasteiger partial charge < -0.3 is 14.2 Å². The van der Waals surface area contributed by atoms with E-state index in [-0.39, 0.29) is 31.1 Å². The predicted molar refractivity (Wildman–Crippen MR) is 353 cm³/mol. The summed E-state index contributed by atoms with van der Waals surface area (Å²) < 4.78 is 16.9. The molecule has 0 saturated carbocycles. The summed E-state index contributed by atoms with van der Waals surface area (Å²) >= 11 is 0. The van der Waals surface area contributed by atoms with Crippen LogP contribution in [0.5, 0.6) is 0 Å². The van der Waals surface area contributed by atoms with E-state index in [1.807, 2.05) is 0 Å². The molecule has 0 rings (SSSR count). The van der Waals surface area contributed by atoms with Gasteiger partial charge in [-0.15, -0.1) is 0 Å². The molecule has 0 radical (unpaired) electrons. The number of allylic oxidation sites excluding steroid dienone is 20. The smallest absolute Gasteiger partial charge is 0.306 e. The maximum Gasteiger partial charge on any atom is 0.306 e. The van der Waals surface area contributed by atoms with E-state index in [0.29, 0.717) is 19.3 Å². The maximum absolute atomic E-state index is 12.9. The van der Waals surface area contributed by atoms with Crippen LogP contribution >= 0.6 is 0 Å². The molecule has 0 heterocycles. The molecule has 0 N–H and O–H groups in total. The highest BCUT2D eigenvalue weighted by Gasteiger charge is 2.19. The first-order valence-corrected chi connectivity index (χ1v) is 34.0. The molecule has 0 aromatic carbocycles. The van der Waals surface area contributed by atoms with E-state index >= 15 is 0 Å².